The van der Waals surface area contributed by atoms with Crippen LogP contribution in [0.3, 0.4) is 0 Å². The number of hydrogen-bond donors (Lipinski definition) is 0. The fourth-order valence-corrected chi connectivity index (χ4v) is 4.83. The molecule has 0 nitrogen and oxygen atoms in total. The van der Waals surface area contributed by atoms with Crippen molar-refractivity contribution in [3.05, 3.63) is 153 Å². The minimum atomic E-state index is 0.219. The highest BCUT2D eigenvalue weighted by atomic mass is 35.5. The molecule has 0 spiro atoms. The van der Waals surface area contributed by atoms with E-state index in [-0.39, 0.29) is 5.92 Å². The molecule has 0 N–H and O–H groups in total. The standard InChI is InChI=1S/C30H22Cl2/c1-20-27-18-25(32)16-17-26(27)30(23-12-14-24(31)15-13-23)28(20)19-29(21-8-4-2-5-9-21)22-10-6-3-7-11-22/h2-20H,1H3. The van der Waals surface area contributed by atoms with Gasteiger partial charge in [-0.15, -0.1) is 0 Å². The summed E-state index contributed by atoms with van der Waals surface area (Å²) in [5.41, 5.74) is 9.78. The Balaban J connectivity index is 1.78. The predicted octanol–water partition coefficient (Wildman–Crippen LogP) is 9.04. The second-order valence-electron chi connectivity index (χ2n) is 8.08. The Morgan fingerprint density at radius 1 is 0.688 bits per heavy atom. The molecule has 0 heterocycles. The van der Waals surface area contributed by atoms with Crippen molar-refractivity contribution in [1.82, 2.24) is 0 Å². The molecule has 0 fully saturated rings. The number of halogens is 2. The SMILES string of the molecule is CC1C(C=C(c2ccccc2)c2ccccc2)=C(c2ccc(Cl)cc2)c2ccc(Cl)cc21. The van der Waals surface area contributed by atoms with E-state index < -0.39 is 0 Å². The summed E-state index contributed by atoms with van der Waals surface area (Å²) in [5, 5.41) is 1.51. The van der Waals surface area contributed by atoms with Gasteiger partial charge in [0.1, 0.15) is 0 Å². The van der Waals surface area contributed by atoms with E-state index in [9.17, 15) is 0 Å². The average Bonchev–Trinajstić information content (AvgIpc) is 3.10. The summed E-state index contributed by atoms with van der Waals surface area (Å²) in [6.07, 6.45) is 2.35. The van der Waals surface area contributed by atoms with Gasteiger partial charge >= 0.3 is 0 Å². The molecule has 1 aliphatic rings. The summed E-state index contributed by atoms with van der Waals surface area (Å²) in [4.78, 5) is 0. The third-order valence-corrected chi connectivity index (χ3v) is 6.59. The van der Waals surface area contributed by atoms with E-state index in [1.807, 2.05) is 18.2 Å². The van der Waals surface area contributed by atoms with Crippen LogP contribution < -0.4 is 0 Å². The van der Waals surface area contributed by atoms with Gasteiger partial charge in [0.25, 0.3) is 0 Å². The monoisotopic (exact) mass is 452 g/mol. The Kier molecular flexibility index (Phi) is 5.74. The van der Waals surface area contributed by atoms with Crippen molar-refractivity contribution in [3.8, 4) is 0 Å². The molecule has 4 aromatic carbocycles. The first-order chi connectivity index (χ1) is 15.6. The van der Waals surface area contributed by atoms with Crippen molar-refractivity contribution in [2.24, 2.45) is 0 Å². The summed E-state index contributed by atoms with van der Waals surface area (Å²) in [7, 11) is 0. The molecule has 0 saturated carbocycles. The van der Waals surface area contributed by atoms with Crippen LogP contribution in [0.2, 0.25) is 10.0 Å². The number of benzene rings is 4. The summed E-state index contributed by atoms with van der Waals surface area (Å²) < 4.78 is 0. The van der Waals surface area contributed by atoms with Gasteiger partial charge in [-0.1, -0.05) is 109 Å². The number of allylic oxidation sites excluding steroid dienone is 2. The van der Waals surface area contributed by atoms with E-state index >= 15 is 0 Å². The van der Waals surface area contributed by atoms with Crippen LogP contribution >= 0.6 is 23.2 Å². The molecule has 0 saturated heterocycles. The quantitative estimate of drug-likeness (QED) is 0.289. The fraction of sp³-hybridized carbons (Fsp3) is 0.0667. The van der Waals surface area contributed by atoms with Crippen LogP contribution in [-0.4, -0.2) is 0 Å². The second-order valence-corrected chi connectivity index (χ2v) is 8.95. The Hall–Kier alpha value is -3.06. The lowest BCUT2D eigenvalue weighted by molar-refractivity contribution is 0.947. The van der Waals surface area contributed by atoms with Crippen LogP contribution in [0.4, 0.5) is 0 Å². The van der Waals surface area contributed by atoms with Gasteiger partial charge in [0.15, 0.2) is 0 Å². The number of hydrogen-bond acceptors (Lipinski definition) is 0. The van der Waals surface area contributed by atoms with E-state index in [0.717, 1.165) is 15.6 Å². The highest BCUT2D eigenvalue weighted by Gasteiger charge is 2.28. The van der Waals surface area contributed by atoms with Crippen molar-refractivity contribution >= 4 is 34.3 Å². The maximum Gasteiger partial charge on any atom is 0.0409 e. The van der Waals surface area contributed by atoms with Gasteiger partial charge in [-0.05, 0) is 74.9 Å². The van der Waals surface area contributed by atoms with Gasteiger partial charge in [0, 0.05) is 16.0 Å². The van der Waals surface area contributed by atoms with Crippen LogP contribution in [0, 0.1) is 0 Å². The summed E-state index contributed by atoms with van der Waals surface area (Å²) in [6.45, 7) is 2.26. The summed E-state index contributed by atoms with van der Waals surface area (Å²) >= 11 is 12.6. The first kappa shape index (κ1) is 20.8. The van der Waals surface area contributed by atoms with Gasteiger partial charge in [0.05, 0.1) is 0 Å². The molecule has 5 rings (SSSR count). The highest BCUT2D eigenvalue weighted by Crippen LogP contribution is 2.47. The van der Waals surface area contributed by atoms with E-state index in [2.05, 4.69) is 97.9 Å². The lowest BCUT2D eigenvalue weighted by atomic mass is 9.90. The molecular weight excluding hydrogens is 431 g/mol. The highest BCUT2D eigenvalue weighted by molar-refractivity contribution is 6.31. The van der Waals surface area contributed by atoms with Gasteiger partial charge in [-0.3, -0.25) is 0 Å². The van der Waals surface area contributed by atoms with Crippen LogP contribution in [0.5, 0.6) is 0 Å². The maximum atomic E-state index is 6.40. The smallest absolute Gasteiger partial charge is 0.0409 e. The Morgan fingerprint density at radius 3 is 1.84 bits per heavy atom. The molecule has 0 aliphatic heterocycles. The number of rotatable bonds is 4. The third kappa shape index (κ3) is 3.93. The van der Waals surface area contributed by atoms with Crippen LogP contribution in [-0.2, 0) is 0 Å². The summed E-state index contributed by atoms with van der Waals surface area (Å²) in [6, 6.07) is 35.5. The van der Waals surface area contributed by atoms with Gasteiger partial charge in [-0.2, -0.15) is 0 Å². The van der Waals surface area contributed by atoms with Crippen molar-refractivity contribution in [2.75, 3.05) is 0 Å². The molecule has 0 bridgehead atoms. The van der Waals surface area contributed by atoms with Crippen LogP contribution in [0.1, 0.15) is 40.7 Å². The van der Waals surface area contributed by atoms with Gasteiger partial charge in [-0.25, -0.2) is 0 Å². The minimum Gasteiger partial charge on any atom is -0.0843 e. The van der Waals surface area contributed by atoms with E-state index in [1.54, 1.807) is 0 Å². The Labute approximate surface area is 199 Å². The average molecular weight is 453 g/mol. The zero-order chi connectivity index (χ0) is 22.1. The second kappa shape index (κ2) is 8.82. The number of fused-ring (bicyclic) bond motifs is 1. The lowest BCUT2D eigenvalue weighted by Crippen LogP contribution is -1.95. The molecule has 2 heteroatoms. The Bertz CT molecular complexity index is 1270. The van der Waals surface area contributed by atoms with Crippen molar-refractivity contribution < 1.29 is 0 Å². The molecule has 1 unspecified atom stereocenters. The summed E-state index contributed by atoms with van der Waals surface area (Å²) in [5.74, 6) is 0.219. The maximum absolute atomic E-state index is 6.40. The molecule has 1 aliphatic carbocycles. The molecule has 1 atom stereocenters. The van der Waals surface area contributed by atoms with Crippen molar-refractivity contribution in [1.29, 1.82) is 0 Å². The lowest BCUT2D eigenvalue weighted by Gasteiger charge is -2.14. The first-order valence-corrected chi connectivity index (χ1v) is 11.5. The van der Waals surface area contributed by atoms with Crippen LogP contribution in [0.15, 0.2) is 115 Å². The normalized spacial score (nSPS) is 14.9. The zero-order valence-corrected chi connectivity index (χ0v) is 19.2. The van der Waals surface area contributed by atoms with E-state index in [4.69, 9.17) is 23.2 Å². The molecule has 32 heavy (non-hydrogen) atoms. The molecule has 0 aromatic heterocycles. The molecular formula is C30H22Cl2. The molecule has 0 amide bonds. The minimum absolute atomic E-state index is 0.219. The van der Waals surface area contributed by atoms with E-state index in [0.29, 0.717) is 0 Å². The topological polar surface area (TPSA) is 0 Å². The Morgan fingerprint density at radius 2 is 1.25 bits per heavy atom. The largest absolute Gasteiger partial charge is 0.0843 e. The molecule has 0 radical (unpaired) electrons. The fourth-order valence-electron chi connectivity index (χ4n) is 4.52. The third-order valence-electron chi connectivity index (χ3n) is 6.11. The predicted molar refractivity (Wildman–Crippen MR) is 137 cm³/mol. The zero-order valence-electron chi connectivity index (χ0n) is 17.7. The molecule has 156 valence electrons. The van der Waals surface area contributed by atoms with E-state index in [1.165, 1.54) is 39.0 Å². The molecule has 4 aromatic rings. The van der Waals surface area contributed by atoms with Gasteiger partial charge in [0.2, 0.25) is 0 Å². The van der Waals surface area contributed by atoms with Crippen molar-refractivity contribution in [2.45, 2.75) is 12.8 Å². The van der Waals surface area contributed by atoms with Gasteiger partial charge < -0.3 is 0 Å². The first-order valence-electron chi connectivity index (χ1n) is 10.7. The van der Waals surface area contributed by atoms with Crippen molar-refractivity contribution in [3.63, 3.8) is 0 Å². The van der Waals surface area contributed by atoms with Crippen LogP contribution in [0.25, 0.3) is 11.1 Å².